The van der Waals surface area contributed by atoms with Crippen LogP contribution in [0.5, 0.6) is 0 Å². The van der Waals surface area contributed by atoms with E-state index < -0.39 is 0 Å². The first-order chi connectivity index (χ1) is 21.2. The molecular weight excluding hydrogens is 590 g/mol. The zero-order chi connectivity index (χ0) is 28.8. The summed E-state index contributed by atoms with van der Waals surface area (Å²) in [6, 6.07) is 39.6. The number of hydrogen-bond acceptors (Lipinski definition) is 2. The molecule has 204 valence electrons. The number of benzene rings is 3. The van der Waals surface area contributed by atoms with Crippen LogP contribution in [0, 0.1) is 6.92 Å². The summed E-state index contributed by atoms with van der Waals surface area (Å²) in [6.45, 7) is 2.10. The van der Waals surface area contributed by atoms with Gasteiger partial charge in [-0.25, -0.2) is 9.97 Å². The molecule has 0 amide bonds. The zero-order valence-corrected chi connectivity index (χ0v) is 27.2. The second-order valence-corrected chi connectivity index (χ2v) is 10.8. The van der Waals surface area contributed by atoms with Gasteiger partial charge in [0.1, 0.15) is 0 Å². The summed E-state index contributed by atoms with van der Waals surface area (Å²) in [4.78, 5) is 20.6. The van der Waals surface area contributed by atoms with E-state index in [0.717, 1.165) is 78.2 Å². The van der Waals surface area contributed by atoms with Crippen molar-refractivity contribution in [3.63, 3.8) is 0 Å². The van der Waals surface area contributed by atoms with Crippen LogP contribution in [0.3, 0.4) is 0 Å². The Kier molecular flexibility index (Phi) is 7.25. The molecule has 44 heavy (non-hydrogen) atoms. The maximum absolute atomic E-state index is 5.25. The van der Waals surface area contributed by atoms with Crippen LogP contribution in [0.25, 0.3) is 79.8 Å². The first-order valence-electron chi connectivity index (χ1n) is 14.4. The first-order valence-corrected chi connectivity index (χ1v) is 14.4. The van der Waals surface area contributed by atoms with E-state index >= 15 is 0 Å². The molecule has 3 aromatic carbocycles. The summed E-state index contributed by atoms with van der Waals surface area (Å²) in [5.41, 5.74) is 14.4. The van der Waals surface area contributed by atoms with E-state index in [2.05, 4.69) is 116 Å². The minimum absolute atomic E-state index is 0. The Hall–Kier alpha value is -5.12. The third kappa shape index (κ3) is 5.06. The molecule has 5 heterocycles. The van der Waals surface area contributed by atoms with E-state index in [0.29, 0.717) is 0 Å². The molecule has 0 saturated carbocycles. The van der Waals surface area contributed by atoms with Crippen molar-refractivity contribution < 1.29 is 19.5 Å². The van der Waals surface area contributed by atoms with Crippen LogP contribution in [-0.4, -0.2) is 9.97 Å². The van der Waals surface area contributed by atoms with Crippen LogP contribution < -0.4 is 9.97 Å². The molecule has 0 spiro atoms. The van der Waals surface area contributed by atoms with E-state index in [9.17, 15) is 0 Å². The molecule has 0 atom stereocenters. The smallest absolute Gasteiger partial charge is 0.657 e. The van der Waals surface area contributed by atoms with Crippen molar-refractivity contribution in [3.8, 4) is 33.4 Å². The van der Waals surface area contributed by atoms with E-state index in [1.165, 1.54) is 5.56 Å². The number of rotatable bonds is 3. The molecule has 4 nitrogen and oxygen atoms in total. The SMILES string of the molecule is Cc1ccc(-c2c3nc(c(-c4ccccc4)c4ccc(cc5nc(c(-c6ccccc6)c6ccc2[n-]6)C=C5)[n-]4)C=C3)cc1.[Zn+2]. The number of hydrogen-bond donors (Lipinski definition) is 0. The minimum Gasteiger partial charge on any atom is -0.657 e. The van der Waals surface area contributed by atoms with Crippen LogP contribution in [0.2, 0.25) is 0 Å². The second-order valence-electron chi connectivity index (χ2n) is 10.8. The van der Waals surface area contributed by atoms with E-state index in [1.54, 1.807) is 0 Å². The average Bonchev–Trinajstić information content (AvgIpc) is 3.86. The Morgan fingerprint density at radius 1 is 0.455 bits per heavy atom. The molecule has 2 aliphatic rings. The van der Waals surface area contributed by atoms with Crippen molar-refractivity contribution in [2.45, 2.75) is 6.92 Å². The molecule has 5 heteroatoms. The van der Waals surface area contributed by atoms with Gasteiger partial charge in [-0.2, -0.15) is 0 Å². The molecule has 6 aromatic rings. The average molecular weight is 616 g/mol. The monoisotopic (exact) mass is 614 g/mol. The van der Waals surface area contributed by atoms with Crippen molar-refractivity contribution in [1.82, 2.24) is 19.9 Å². The number of nitrogens with zero attached hydrogens (tertiary/aromatic N) is 4. The first kappa shape index (κ1) is 27.7. The van der Waals surface area contributed by atoms with Crippen LogP contribution in [0.1, 0.15) is 28.3 Å². The Morgan fingerprint density at radius 2 is 0.932 bits per heavy atom. The van der Waals surface area contributed by atoms with Gasteiger partial charge in [0, 0.05) is 0 Å². The summed E-state index contributed by atoms with van der Waals surface area (Å²) in [5, 5.41) is 0. The Labute approximate surface area is 268 Å². The molecule has 0 N–H and O–H groups in total. The van der Waals surface area contributed by atoms with Gasteiger partial charge >= 0.3 is 19.5 Å². The van der Waals surface area contributed by atoms with Crippen molar-refractivity contribution in [2.24, 2.45) is 0 Å². The largest absolute Gasteiger partial charge is 2.00 e. The van der Waals surface area contributed by atoms with E-state index in [-0.39, 0.29) is 19.5 Å². The van der Waals surface area contributed by atoms with Gasteiger partial charge in [0.2, 0.25) is 0 Å². The number of fused-ring (bicyclic) bond motifs is 8. The molecule has 0 radical (unpaired) electrons. The number of aromatic nitrogens is 4. The molecule has 0 unspecified atom stereocenters. The summed E-state index contributed by atoms with van der Waals surface area (Å²) in [5.74, 6) is 0. The predicted octanol–water partition coefficient (Wildman–Crippen LogP) is 9.22. The minimum atomic E-state index is 0. The van der Waals surface area contributed by atoms with Gasteiger partial charge in [-0.1, -0.05) is 121 Å². The van der Waals surface area contributed by atoms with Gasteiger partial charge in [-0.05, 0) is 64.6 Å². The molecule has 3 aromatic heterocycles. The zero-order valence-electron chi connectivity index (χ0n) is 24.3. The van der Waals surface area contributed by atoms with Crippen molar-refractivity contribution in [2.75, 3.05) is 0 Å². The fraction of sp³-hybridized carbons (Fsp3) is 0.0256. The summed E-state index contributed by atoms with van der Waals surface area (Å²) < 4.78 is 0. The Bertz CT molecular complexity index is 2180. The van der Waals surface area contributed by atoms with Gasteiger partial charge < -0.3 is 9.97 Å². The van der Waals surface area contributed by atoms with Crippen LogP contribution in [0.15, 0.2) is 115 Å². The van der Waals surface area contributed by atoms with Gasteiger partial charge in [0.25, 0.3) is 0 Å². The second kappa shape index (κ2) is 11.5. The fourth-order valence-electron chi connectivity index (χ4n) is 5.84. The normalized spacial score (nSPS) is 11.8. The molecular formula is C39H26N4Zn. The molecule has 0 aliphatic carbocycles. The van der Waals surface area contributed by atoms with Crippen LogP contribution in [0.4, 0.5) is 0 Å². The molecule has 0 saturated heterocycles. The quantitative estimate of drug-likeness (QED) is 0.186. The molecule has 8 bridgehead atoms. The van der Waals surface area contributed by atoms with Crippen molar-refractivity contribution in [1.29, 1.82) is 0 Å². The molecule has 8 rings (SSSR count). The third-order valence-corrected chi connectivity index (χ3v) is 7.90. The maximum atomic E-state index is 5.25. The summed E-state index contributed by atoms with van der Waals surface area (Å²) >= 11 is 0. The van der Waals surface area contributed by atoms with Gasteiger partial charge in [0.15, 0.2) is 0 Å². The molecule has 2 aliphatic heterocycles. The van der Waals surface area contributed by atoms with Crippen molar-refractivity contribution in [3.05, 3.63) is 144 Å². The van der Waals surface area contributed by atoms with Gasteiger partial charge in [-0.15, -0.1) is 22.1 Å². The van der Waals surface area contributed by atoms with Gasteiger partial charge in [0.05, 0.1) is 22.8 Å². The Morgan fingerprint density at radius 3 is 1.52 bits per heavy atom. The third-order valence-electron chi connectivity index (χ3n) is 7.90. The predicted molar refractivity (Wildman–Crippen MR) is 178 cm³/mol. The van der Waals surface area contributed by atoms with Crippen LogP contribution in [-0.2, 0) is 19.5 Å². The summed E-state index contributed by atoms with van der Waals surface area (Å²) in [7, 11) is 0. The van der Waals surface area contributed by atoms with E-state index in [4.69, 9.17) is 19.9 Å². The Balaban J connectivity index is 0.00000312. The van der Waals surface area contributed by atoms with Crippen molar-refractivity contribution >= 4 is 46.4 Å². The molecule has 0 fully saturated rings. The maximum Gasteiger partial charge on any atom is 2.00 e. The topological polar surface area (TPSA) is 54.0 Å². The van der Waals surface area contributed by atoms with E-state index in [1.807, 2.05) is 30.3 Å². The van der Waals surface area contributed by atoms with Gasteiger partial charge in [-0.3, -0.25) is 0 Å². The number of aryl methyl sites for hydroxylation is 1. The fourth-order valence-corrected chi connectivity index (χ4v) is 5.84. The summed E-state index contributed by atoms with van der Waals surface area (Å²) in [6.07, 6.45) is 8.31. The van der Waals surface area contributed by atoms with Crippen LogP contribution >= 0.6 is 0 Å². The standard InChI is InChI=1S/C39H26N4.Zn/c1-25-12-14-28(15-13-25)39-35-22-20-33(42-35)37(26-8-4-2-5-9-26)31-18-16-29(40-31)24-30-17-19-32(41-30)38(27-10-6-3-7-11-27)34-21-23-36(39)43-34;/h2-24H,1H3;/q-2;+2.